The SMILES string of the molecule is c1ccc(-c2nc(-c3ccccc3-c3ccccc3)nc(-c3cccc4c5ccccc5n(-c5cccc6c7ccccc7n(-c7ccccc7)c56)c34)n2)cc1. The van der Waals surface area contributed by atoms with Gasteiger partial charge in [-0.15, -0.1) is 0 Å². The lowest BCUT2D eigenvalue weighted by atomic mass is 9.99. The van der Waals surface area contributed by atoms with Gasteiger partial charge < -0.3 is 9.13 Å². The van der Waals surface area contributed by atoms with Gasteiger partial charge in [0, 0.05) is 43.9 Å². The number of hydrogen-bond acceptors (Lipinski definition) is 3. The van der Waals surface area contributed by atoms with Crippen LogP contribution in [-0.2, 0) is 0 Å². The smallest absolute Gasteiger partial charge is 0.166 e. The number of aromatic nitrogens is 5. The molecule has 3 aromatic heterocycles. The summed E-state index contributed by atoms with van der Waals surface area (Å²) in [6.07, 6.45) is 0. The largest absolute Gasteiger partial charge is 0.307 e. The summed E-state index contributed by atoms with van der Waals surface area (Å²) in [5.74, 6) is 1.86. The molecule has 11 rings (SSSR count). The summed E-state index contributed by atoms with van der Waals surface area (Å²) in [5, 5.41) is 4.69. The third-order valence-electron chi connectivity index (χ3n) is 10.8. The Balaban J connectivity index is 1.25. The van der Waals surface area contributed by atoms with Crippen molar-refractivity contribution in [3.8, 4) is 56.7 Å². The van der Waals surface area contributed by atoms with Crippen molar-refractivity contribution in [1.29, 1.82) is 0 Å². The molecule has 0 saturated carbocycles. The Bertz CT molecular complexity index is 3240. The molecule has 0 saturated heterocycles. The minimum Gasteiger partial charge on any atom is -0.307 e. The number of benzene rings is 8. The molecular weight excluding hydrogens is 683 g/mol. The van der Waals surface area contributed by atoms with Crippen LogP contribution >= 0.6 is 0 Å². The normalized spacial score (nSPS) is 11.6. The monoisotopic (exact) mass is 715 g/mol. The summed E-state index contributed by atoms with van der Waals surface area (Å²) in [7, 11) is 0. The van der Waals surface area contributed by atoms with Crippen LogP contribution in [0, 0.1) is 0 Å². The molecule has 0 atom stereocenters. The lowest BCUT2D eigenvalue weighted by Gasteiger charge is -2.16. The molecule has 0 unspecified atom stereocenters. The van der Waals surface area contributed by atoms with Crippen LogP contribution in [0.4, 0.5) is 0 Å². The first-order valence-electron chi connectivity index (χ1n) is 18.9. The zero-order valence-corrected chi connectivity index (χ0v) is 30.3. The van der Waals surface area contributed by atoms with Crippen LogP contribution in [0.1, 0.15) is 0 Å². The summed E-state index contributed by atoms with van der Waals surface area (Å²) in [6, 6.07) is 70.2. The number of hydrogen-bond donors (Lipinski definition) is 0. The van der Waals surface area contributed by atoms with Crippen molar-refractivity contribution in [2.45, 2.75) is 0 Å². The van der Waals surface area contributed by atoms with Crippen molar-refractivity contribution in [3.63, 3.8) is 0 Å². The first kappa shape index (κ1) is 31.9. The fourth-order valence-electron chi connectivity index (χ4n) is 8.36. The van der Waals surface area contributed by atoms with Crippen molar-refractivity contribution in [2.24, 2.45) is 0 Å². The Hall–Kier alpha value is -7.63. The predicted molar refractivity (Wildman–Crippen MR) is 230 cm³/mol. The van der Waals surface area contributed by atoms with Crippen LogP contribution in [0.5, 0.6) is 0 Å². The minimum atomic E-state index is 0.613. The zero-order valence-electron chi connectivity index (χ0n) is 30.3. The maximum atomic E-state index is 5.36. The topological polar surface area (TPSA) is 48.5 Å². The highest BCUT2D eigenvalue weighted by Gasteiger charge is 2.23. The van der Waals surface area contributed by atoms with Gasteiger partial charge in [0.05, 0.1) is 27.8 Å². The maximum Gasteiger partial charge on any atom is 0.166 e. The molecule has 56 heavy (non-hydrogen) atoms. The molecule has 0 spiro atoms. The maximum absolute atomic E-state index is 5.36. The van der Waals surface area contributed by atoms with Crippen LogP contribution in [0.25, 0.3) is 100 Å². The van der Waals surface area contributed by atoms with Gasteiger partial charge in [-0.3, -0.25) is 0 Å². The summed E-state index contributed by atoms with van der Waals surface area (Å²) in [4.78, 5) is 15.8. The molecule has 262 valence electrons. The summed E-state index contributed by atoms with van der Waals surface area (Å²) < 4.78 is 4.82. The highest BCUT2D eigenvalue weighted by atomic mass is 15.1. The standard InChI is InChI=1S/C51H33N5/c1-4-18-34(19-5-1)37-24-10-11-27-42(37)50-52-49(35-20-6-2-7-21-35)53-51(54-50)43-30-16-28-40-38-25-13-15-32-45(38)56(47(40)43)46-33-17-29-41-39-26-12-14-31-44(39)55(48(41)46)36-22-8-3-9-23-36/h1-33H. The van der Waals surface area contributed by atoms with Gasteiger partial charge in [-0.2, -0.15) is 0 Å². The van der Waals surface area contributed by atoms with Crippen LogP contribution in [0.2, 0.25) is 0 Å². The molecule has 0 N–H and O–H groups in total. The molecular formula is C51H33N5. The number of rotatable bonds is 6. The summed E-state index contributed by atoms with van der Waals surface area (Å²) in [5.41, 5.74) is 11.6. The average molecular weight is 716 g/mol. The zero-order chi connectivity index (χ0) is 37.0. The van der Waals surface area contributed by atoms with Crippen molar-refractivity contribution in [2.75, 3.05) is 0 Å². The Kier molecular flexibility index (Phi) is 7.42. The van der Waals surface area contributed by atoms with Gasteiger partial charge in [-0.1, -0.05) is 164 Å². The third-order valence-corrected chi connectivity index (χ3v) is 10.8. The van der Waals surface area contributed by atoms with Gasteiger partial charge >= 0.3 is 0 Å². The lowest BCUT2D eigenvalue weighted by Crippen LogP contribution is -2.04. The third kappa shape index (κ3) is 5.06. The minimum absolute atomic E-state index is 0.613. The van der Waals surface area contributed by atoms with E-state index in [1.165, 1.54) is 10.8 Å². The van der Waals surface area contributed by atoms with E-state index in [4.69, 9.17) is 15.0 Å². The molecule has 11 aromatic rings. The van der Waals surface area contributed by atoms with E-state index >= 15 is 0 Å². The van der Waals surface area contributed by atoms with Crippen LogP contribution in [0.3, 0.4) is 0 Å². The molecule has 0 amide bonds. The molecule has 5 heteroatoms. The van der Waals surface area contributed by atoms with Crippen LogP contribution in [-0.4, -0.2) is 24.1 Å². The fourth-order valence-corrected chi connectivity index (χ4v) is 8.36. The van der Waals surface area contributed by atoms with E-state index in [1.54, 1.807) is 0 Å². The molecule has 5 nitrogen and oxygen atoms in total. The van der Waals surface area contributed by atoms with Gasteiger partial charge in [0.25, 0.3) is 0 Å². The Morgan fingerprint density at radius 1 is 0.286 bits per heavy atom. The van der Waals surface area contributed by atoms with E-state index in [0.717, 1.165) is 72.0 Å². The Morgan fingerprint density at radius 2 is 0.750 bits per heavy atom. The number of nitrogens with zero attached hydrogens (tertiary/aromatic N) is 5. The van der Waals surface area contributed by atoms with Crippen molar-refractivity contribution < 1.29 is 0 Å². The second-order valence-corrected chi connectivity index (χ2v) is 14.0. The molecule has 0 aliphatic carbocycles. The summed E-state index contributed by atoms with van der Waals surface area (Å²) in [6.45, 7) is 0. The average Bonchev–Trinajstić information content (AvgIpc) is 3.80. The predicted octanol–water partition coefficient (Wildman–Crippen LogP) is 12.7. The molecule has 0 aliphatic heterocycles. The van der Waals surface area contributed by atoms with Crippen molar-refractivity contribution in [3.05, 3.63) is 200 Å². The van der Waals surface area contributed by atoms with Crippen molar-refractivity contribution in [1.82, 2.24) is 24.1 Å². The Labute approximate surface area is 323 Å². The van der Waals surface area contributed by atoms with Crippen molar-refractivity contribution >= 4 is 43.6 Å². The highest BCUT2D eigenvalue weighted by molar-refractivity contribution is 6.17. The van der Waals surface area contributed by atoms with E-state index in [-0.39, 0.29) is 0 Å². The van der Waals surface area contributed by atoms with Gasteiger partial charge in [0.2, 0.25) is 0 Å². The number of para-hydroxylation sites is 5. The van der Waals surface area contributed by atoms with E-state index in [2.05, 4.69) is 185 Å². The van der Waals surface area contributed by atoms with Gasteiger partial charge in [-0.05, 0) is 47.5 Å². The molecule has 0 aliphatic rings. The van der Waals surface area contributed by atoms with E-state index in [1.807, 2.05) is 24.3 Å². The quantitative estimate of drug-likeness (QED) is 0.172. The van der Waals surface area contributed by atoms with Gasteiger partial charge in [0.1, 0.15) is 0 Å². The first-order valence-corrected chi connectivity index (χ1v) is 18.9. The van der Waals surface area contributed by atoms with Crippen LogP contribution < -0.4 is 0 Å². The second kappa shape index (κ2) is 13.0. The van der Waals surface area contributed by atoms with Gasteiger partial charge in [-0.25, -0.2) is 15.0 Å². The van der Waals surface area contributed by atoms with Gasteiger partial charge in [0.15, 0.2) is 17.5 Å². The molecule has 3 heterocycles. The van der Waals surface area contributed by atoms with E-state index in [9.17, 15) is 0 Å². The van der Waals surface area contributed by atoms with E-state index in [0.29, 0.717) is 17.5 Å². The molecule has 8 aromatic carbocycles. The molecule has 0 radical (unpaired) electrons. The first-order chi connectivity index (χ1) is 27.8. The molecule has 0 bridgehead atoms. The number of fused-ring (bicyclic) bond motifs is 6. The van der Waals surface area contributed by atoms with E-state index < -0.39 is 0 Å². The highest BCUT2D eigenvalue weighted by Crippen LogP contribution is 2.42. The fraction of sp³-hybridized carbons (Fsp3) is 0. The van der Waals surface area contributed by atoms with Crippen LogP contribution in [0.15, 0.2) is 200 Å². The molecule has 0 fully saturated rings. The lowest BCUT2D eigenvalue weighted by molar-refractivity contribution is 1.07. The summed E-state index contributed by atoms with van der Waals surface area (Å²) >= 11 is 0. The Morgan fingerprint density at radius 3 is 1.45 bits per heavy atom. The second-order valence-electron chi connectivity index (χ2n) is 14.0.